The van der Waals surface area contributed by atoms with Gasteiger partial charge < -0.3 is 4.57 Å². The number of aromatic nitrogens is 1. The van der Waals surface area contributed by atoms with E-state index in [0.717, 1.165) is 5.69 Å². The number of nitrogens with zero attached hydrogens (tertiary/aromatic N) is 3. The quantitative estimate of drug-likeness (QED) is 0.771. The van der Waals surface area contributed by atoms with E-state index in [1.54, 1.807) is 29.1 Å². The van der Waals surface area contributed by atoms with E-state index in [9.17, 15) is 13.2 Å². The highest BCUT2D eigenvalue weighted by Crippen LogP contribution is 2.31. The monoisotopic (exact) mass is 342 g/mol. The number of amides is 1. The molecule has 2 heterocycles. The molecule has 0 unspecified atom stereocenters. The molecule has 0 bridgehead atoms. The molecule has 7 nitrogen and oxygen atoms in total. The summed E-state index contributed by atoms with van der Waals surface area (Å²) in [4.78, 5) is 20.1. The minimum atomic E-state index is -3.77. The lowest BCUT2D eigenvalue weighted by Crippen LogP contribution is -2.34. The Labute approximate surface area is 139 Å². The molecular weight excluding hydrogens is 328 g/mol. The summed E-state index contributed by atoms with van der Waals surface area (Å²) in [5.74, 6) is -0.984. The molecule has 1 aliphatic heterocycles. The number of carbonyl (C=O) groups is 1. The molecule has 0 radical (unpaired) electrons. The van der Waals surface area contributed by atoms with Crippen LogP contribution in [0.15, 0.2) is 64.5 Å². The van der Waals surface area contributed by atoms with Crippen LogP contribution in [0.1, 0.15) is 5.69 Å². The molecule has 122 valence electrons. The first kappa shape index (κ1) is 15.9. The fraction of sp³-hybridized carbons (Fsp3) is 0.0625. The van der Waals surface area contributed by atoms with Gasteiger partial charge in [-0.1, -0.05) is 6.08 Å². The van der Waals surface area contributed by atoms with Crippen LogP contribution in [0.25, 0.3) is 11.8 Å². The summed E-state index contributed by atoms with van der Waals surface area (Å²) in [5, 5.41) is 0. The lowest BCUT2D eigenvalue weighted by Gasteiger charge is -2.18. The maximum absolute atomic E-state index is 12.2. The normalized spacial score (nSPS) is 22.2. The number of rotatable bonds is 0. The zero-order valence-corrected chi connectivity index (χ0v) is 13.3. The van der Waals surface area contributed by atoms with Crippen molar-refractivity contribution < 1.29 is 13.2 Å². The lowest BCUT2D eigenvalue weighted by atomic mass is 9.93. The van der Waals surface area contributed by atoms with Gasteiger partial charge in [0.15, 0.2) is 0 Å². The summed E-state index contributed by atoms with van der Waals surface area (Å²) in [5.41, 5.74) is 1.77. The Hall–Kier alpha value is -3.00. The summed E-state index contributed by atoms with van der Waals surface area (Å²) in [7, 11) is -3.77. The van der Waals surface area contributed by atoms with Crippen LogP contribution >= 0.6 is 0 Å². The van der Waals surface area contributed by atoms with E-state index >= 15 is 0 Å². The highest BCUT2D eigenvalue weighted by Gasteiger charge is 2.25. The van der Waals surface area contributed by atoms with Crippen molar-refractivity contribution in [1.82, 2.24) is 9.29 Å². The number of carbonyl (C=O) groups excluding carboxylic acids is 1. The number of hydrogen-bond acceptors (Lipinski definition) is 5. The molecule has 1 amide bonds. The first-order valence-electron chi connectivity index (χ1n) is 7.08. The summed E-state index contributed by atoms with van der Waals surface area (Å²) in [6.45, 7) is 0. The highest BCUT2D eigenvalue weighted by molar-refractivity contribution is 7.90. The van der Waals surface area contributed by atoms with Crippen LogP contribution in [0, 0.1) is 0 Å². The Morgan fingerprint density at radius 3 is 2.58 bits per heavy atom. The first-order valence-corrected chi connectivity index (χ1v) is 8.73. The van der Waals surface area contributed by atoms with Gasteiger partial charge in [-0.05, 0) is 24.3 Å². The summed E-state index contributed by atoms with van der Waals surface area (Å²) < 4.78 is 27.7. The van der Waals surface area contributed by atoms with E-state index < -0.39 is 15.9 Å². The van der Waals surface area contributed by atoms with Crippen LogP contribution in [-0.2, 0) is 14.8 Å². The van der Waals surface area contributed by atoms with Crippen molar-refractivity contribution >= 4 is 40.1 Å². The number of allylic oxidation sites excluding steroid dienone is 2. The molecule has 1 aromatic heterocycles. The van der Waals surface area contributed by atoms with Crippen LogP contribution in [0.3, 0.4) is 0 Å². The number of hydrogen-bond donors (Lipinski definition) is 1. The molecule has 0 saturated heterocycles. The van der Waals surface area contributed by atoms with Gasteiger partial charge in [0.2, 0.25) is 10.0 Å². The van der Waals surface area contributed by atoms with Crippen molar-refractivity contribution in [1.29, 1.82) is 0 Å². The molecule has 1 aromatic rings. The summed E-state index contributed by atoms with van der Waals surface area (Å²) in [6, 6.07) is 3.66. The van der Waals surface area contributed by atoms with Gasteiger partial charge in [0.05, 0.1) is 11.4 Å². The van der Waals surface area contributed by atoms with E-state index in [4.69, 9.17) is 0 Å². The fourth-order valence-corrected chi connectivity index (χ4v) is 2.99. The van der Waals surface area contributed by atoms with Crippen LogP contribution in [0.2, 0.25) is 0 Å². The number of nitrogens with one attached hydrogen (secondary N) is 1. The van der Waals surface area contributed by atoms with Crippen LogP contribution < -0.4 is 4.72 Å². The molecule has 0 spiro atoms. The van der Waals surface area contributed by atoms with Gasteiger partial charge in [-0.2, -0.15) is 0 Å². The predicted octanol–water partition coefficient (Wildman–Crippen LogP) is 1.35. The second-order valence-electron chi connectivity index (χ2n) is 4.95. The van der Waals surface area contributed by atoms with Crippen molar-refractivity contribution in [2.45, 2.75) is 0 Å². The molecule has 1 aliphatic carbocycles. The van der Waals surface area contributed by atoms with Crippen molar-refractivity contribution in [2.24, 2.45) is 9.98 Å². The van der Waals surface area contributed by atoms with Crippen LogP contribution in [0.4, 0.5) is 0 Å². The molecule has 2 aliphatic rings. The third kappa shape index (κ3) is 3.49. The van der Waals surface area contributed by atoms with E-state index in [-0.39, 0.29) is 5.75 Å². The topological polar surface area (TPSA) is 92.9 Å². The highest BCUT2D eigenvalue weighted by atomic mass is 32.2. The lowest BCUT2D eigenvalue weighted by molar-refractivity contribution is -0.115. The van der Waals surface area contributed by atoms with Gasteiger partial charge in [-0.3, -0.25) is 14.8 Å². The minimum Gasteiger partial charge on any atom is -0.322 e. The average Bonchev–Trinajstić information content (AvgIpc) is 2.90. The Balaban J connectivity index is 1.95. The number of sulfonamides is 1. The summed E-state index contributed by atoms with van der Waals surface area (Å²) in [6.07, 6.45) is 14.1. The molecule has 24 heavy (non-hydrogen) atoms. The minimum absolute atomic E-state index is 0.324. The third-order valence-electron chi connectivity index (χ3n) is 3.31. The standard InChI is InChI=1S/C16H14N4O3S/c21-16-14-5-4-13(14)15-3-1-10-20(15)11-9-18-8-7-17-6-2-12-24(22,23)19-16/h1-11H,12H2,(H,19,21)/b6-2-,11-9-,17-7?,18-8?. The van der Waals surface area contributed by atoms with Gasteiger partial charge in [0.25, 0.3) is 5.91 Å². The molecule has 3 rings (SSSR count). The van der Waals surface area contributed by atoms with Crippen LogP contribution in [0.5, 0.6) is 0 Å². The fourth-order valence-electron chi connectivity index (χ4n) is 2.18. The van der Waals surface area contributed by atoms with Crippen molar-refractivity contribution in [3.63, 3.8) is 0 Å². The zero-order valence-electron chi connectivity index (χ0n) is 12.5. The molecule has 8 heteroatoms. The zero-order chi connectivity index (χ0) is 17.0. The van der Waals surface area contributed by atoms with E-state index in [0.29, 0.717) is 11.1 Å². The van der Waals surface area contributed by atoms with Gasteiger partial charge in [0.1, 0.15) is 0 Å². The van der Waals surface area contributed by atoms with Gasteiger partial charge >= 0.3 is 0 Å². The van der Waals surface area contributed by atoms with E-state index in [1.165, 1.54) is 24.7 Å². The van der Waals surface area contributed by atoms with Crippen molar-refractivity contribution in [3.05, 3.63) is 60.2 Å². The maximum atomic E-state index is 12.2. The van der Waals surface area contributed by atoms with Gasteiger partial charge in [-0.25, -0.2) is 13.1 Å². The predicted molar refractivity (Wildman–Crippen MR) is 93.9 cm³/mol. The Kier molecular flexibility index (Phi) is 4.39. The molecule has 0 atom stereocenters. The van der Waals surface area contributed by atoms with Crippen molar-refractivity contribution in [3.8, 4) is 0 Å². The summed E-state index contributed by atoms with van der Waals surface area (Å²) >= 11 is 0. The first-order chi connectivity index (χ1) is 11.6. The third-order valence-corrected chi connectivity index (χ3v) is 4.44. The second kappa shape index (κ2) is 6.63. The number of fused-ring (bicyclic) bond motifs is 3. The largest absolute Gasteiger partial charge is 0.322 e. The number of aliphatic imine (C=N–C) groups is 2. The Morgan fingerprint density at radius 1 is 1.08 bits per heavy atom. The SMILES string of the molecule is O=C1NS(=O)(=O)C/C=C\N=CC=N/C=C\n2cccc2C2=CC=C12. The van der Waals surface area contributed by atoms with Gasteiger partial charge in [0, 0.05) is 48.4 Å². The molecule has 0 fully saturated rings. The maximum Gasteiger partial charge on any atom is 0.265 e. The van der Waals surface area contributed by atoms with Crippen molar-refractivity contribution in [2.75, 3.05) is 5.75 Å². The van der Waals surface area contributed by atoms with E-state index in [2.05, 4.69) is 14.7 Å². The average molecular weight is 342 g/mol. The molecule has 0 saturated carbocycles. The van der Waals surface area contributed by atoms with E-state index in [1.807, 2.05) is 18.3 Å². The second-order valence-corrected chi connectivity index (χ2v) is 6.72. The molecule has 0 aromatic carbocycles. The molecule has 1 N–H and O–H groups in total. The Morgan fingerprint density at radius 2 is 1.83 bits per heavy atom. The Bertz CT molecular complexity index is 944. The smallest absolute Gasteiger partial charge is 0.265 e. The van der Waals surface area contributed by atoms with Gasteiger partial charge in [-0.15, -0.1) is 0 Å². The van der Waals surface area contributed by atoms with Crippen LogP contribution in [-0.4, -0.2) is 37.1 Å². The molecular formula is C16H14N4O3S.